The molecule has 29 heavy (non-hydrogen) atoms. The zero-order chi connectivity index (χ0) is 20.2. The van der Waals surface area contributed by atoms with Gasteiger partial charge >= 0.3 is 0 Å². The lowest BCUT2D eigenvalue weighted by atomic mass is 10.0. The van der Waals surface area contributed by atoms with Crippen LogP contribution in [0.1, 0.15) is 22.8 Å². The van der Waals surface area contributed by atoms with Crippen LogP contribution in [0.5, 0.6) is 5.75 Å². The van der Waals surface area contributed by atoms with E-state index in [1.54, 1.807) is 7.11 Å². The van der Waals surface area contributed by atoms with Gasteiger partial charge in [0.2, 0.25) is 0 Å². The van der Waals surface area contributed by atoms with Crippen LogP contribution in [0.2, 0.25) is 0 Å². The summed E-state index contributed by atoms with van der Waals surface area (Å²) in [6.45, 7) is 2.08. The van der Waals surface area contributed by atoms with E-state index in [0.29, 0.717) is 5.56 Å². The van der Waals surface area contributed by atoms with Gasteiger partial charge in [0.05, 0.1) is 23.9 Å². The molecule has 0 atom stereocenters. The molecule has 4 rings (SSSR count). The lowest BCUT2D eigenvalue weighted by molar-refractivity contribution is 0.102. The highest BCUT2D eigenvalue weighted by atomic mass is 16.5. The molecular weight excluding hydrogens is 360 g/mol. The summed E-state index contributed by atoms with van der Waals surface area (Å²) in [4.78, 5) is 18.0. The van der Waals surface area contributed by atoms with Gasteiger partial charge in [-0.15, -0.1) is 0 Å². The molecule has 1 amide bonds. The van der Waals surface area contributed by atoms with Crippen LogP contribution in [0.15, 0.2) is 78.9 Å². The van der Waals surface area contributed by atoms with Gasteiger partial charge < -0.3 is 10.1 Å². The van der Waals surface area contributed by atoms with E-state index in [4.69, 9.17) is 9.72 Å². The second-order valence-electron chi connectivity index (χ2n) is 6.77. The van der Waals surface area contributed by atoms with Crippen LogP contribution in [-0.4, -0.2) is 18.0 Å². The van der Waals surface area contributed by atoms with Crippen LogP contribution in [-0.2, 0) is 6.42 Å². The maximum Gasteiger partial charge on any atom is 0.256 e. The number of amides is 1. The number of methoxy groups -OCH3 is 1. The first kappa shape index (κ1) is 18.7. The molecule has 144 valence electrons. The Hall–Kier alpha value is -3.66. The second kappa shape index (κ2) is 8.15. The van der Waals surface area contributed by atoms with Crippen LogP contribution >= 0.6 is 0 Å². The monoisotopic (exact) mass is 382 g/mol. The molecule has 0 saturated carbocycles. The number of carbonyl (C=O) groups excluding carboxylic acids is 1. The van der Waals surface area contributed by atoms with Gasteiger partial charge in [-0.1, -0.05) is 55.5 Å². The number of pyridine rings is 1. The Labute approximate surface area is 170 Å². The maximum absolute atomic E-state index is 13.2. The number of carbonyl (C=O) groups is 1. The van der Waals surface area contributed by atoms with E-state index in [0.717, 1.165) is 45.6 Å². The standard InChI is InChI=1S/C25H22N2O2/c1-3-17-9-4-6-13-22(17)27-25(28)21-16-24(18-10-8-11-19(15-18)29-2)26-23-14-7-5-12-20(21)23/h4-16H,3H2,1-2H3,(H,27,28). The molecule has 0 radical (unpaired) electrons. The SMILES string of the molecule is CCc1ccccc1NC(=O)c1cc(-c2cccc(OC)c2)nc2ccccc12. The number of nitrogens with zero attached hydrogens (tertiary/aromatic N) is 1. The highest BCUT2D eigenvalue weighted by molar-refractivity contribution is 6.13. The normalized spacial score (nSPS) is 10.7. The number of nitrogens with one attached hydrogen (secondary N) is 1. The van der Waals surface area contributed by atoms with E-state index in [1.807, 2.05) is 78.9 Å². The van der Waals surface area contributed by atoms with Crippen molar-refractivity contribution in [1.29, 1.82) is 0 Å². The van der Waals surface area contributed by atoms with E-state index in [-0.39, 0.29) is 5.91 Å². The summed E-state index contributed by atoms with van der Waals surface area (Å²) < 4.78 is 5.34. The van der Waals surface area contributed by atoms with E-state index in [9.17, 15) is 4.79 Å². The van der Waals surface area contributed by atoms with E-state index in [2.05, 4.69) is 12.2 Å². The Kier molecular flexibility index (Phi) is 5.25. The fourth-order valence-corrected chi connectivity index (χ4v) is 3.43. The Morgan fingerprint density at radius 1 is 0.966 bits per heavy atom. The summed E-state index contributed by atoms with van der Waals surface area (Å²) >= 11 is 0. The third-order valence-electron chi connectivity index (χ3n) is 4.97. The van der Waals surface area contributed by atoms with Crippen molar-refractivity contribution >= 4 is 22.5 Å². The Morgan fingerprint density at radius 2 is 1.76 bits per heavy atom. The molecular formula is C25H22N2O2. The fourth-order valence-electron chi connectivity index (χ4n) is 3.43. The highest BCUT2D eigenvalue weighted by Crippen LogP contribution is 2.28. The molecule has 4 nitrogen and oxygen atoms in total. The number of hydrogen-bond acceptors (Lipinski definition) is 3. The molecule has 0 aliphatic carbocycles. The minimum atomic E-state index is -0.145. The zero-order valence-corrected chi connectivity index (χ0v) is 16.5. The lowest BCUT2D eigenvalue weighted by Gasteiger charge is -2.13. The molecule has 1 heterocycles. The molecule has 1 N–H and O–H groups in total. The number of para-hydroxylation sites is 2. The molecule has 0 fully saturated rings. The van der Waals surface area contributed by atoms with Crippen LogP contribution in [0.3, 0.4) is 0 Å². The minimum Gasteiger partial charge on any atom is -0.497 e. The van der Waals surface area contributed by atoms with Crippen LogP contribution < -0.4 is 10.1 Å². The minimum absolute atomic E-state index is 0.145. The van der Waals surface area contributed by atoms with Crippen molar-refractivity contribution in [3.63, 3.8) is 0 Å². The summed E-state index contributed by atoms with van der Waals surface area (Å²) in [6.07, 6.45) is 0.850. The van der Waals surface area contributed by atoms with Crippen LogP contribution in [0.25, 0.3) is 22.2 Å². The summed E-state index contributed by atoms with van der Waals surface area (Å²) in [7, 11) is 1.64. The molecule has 0 saturated heterocycles. The average Bonchev–Trinajstić information content (AvgIpc) is 2.78. The molecule has 0 aliphatic rings. The predicted molar refractivity (Wildman–Crippen MR) is 118 cm³/mol. The van der Waals surface area contributed by atoms with Crippen molar-refractivity contribution in [2.45, 2.75) is 13.3 Å². The Morgan fingerprint density at radius 3 is 2.59 bits per heavy atom. The first-order valence-electron chi connectivity index (χ1n) is 9.63. The lowest BCUT2D eigenvalue weighted by Crippen LogP contribution is -2.14. The molecule has 4 heteroatoms. The topological polar surface area (TPSA) is 51.2 Å². The van der Waals surface area contributed by atoms with Crippen molar-refractivity contribution < 1.29 is 9.53 Å². The van der Waals surface area contributed by atoms with Gasteiger partial charge in [0.25, 0.3) is 5.91 Å². The number of aromatic nitrogens is 1. The smallest absolute Gasteiger partial charge is 0.256 e. The summed E-state index contributed by atoms with van der Waals surface area (Å²) in [5.41, 5.74) is 4.95. The zero-order valence-electron chi connectivity index (χ0n) is 16.5. The van der Waals surface area contributed by atoms with Crippen molar-refractivity contribution in [2.24, 2.45) is 0 Å². The number of anilines is 1. The van der Waals surface area contributed by atoms with Crippen molar-refractivity contribution in [3.8, 4) is 17.0 Å². The Balaban J connectivity index is 1.81. The van der Waals surface area contributed by atoms with E-state index in [1.165, 1.54) is 0 Å². The molecule has 0 spiro atoms. The van der Waals surface area contributed by atoms with E-state index >= 15 is 0 Å². The Bertz CT molecular complexity index is 1180. The van der Waals surface area contributed by atoms with Gasteiger partial charge in [-0.25, -0.2) is 4.98 Å². The fraction of sp³-hybridized carbons (Fsp3) is 0.120. The number of benzene rings is 3. The van der Waals surface area contributed by atoms with Crippen LogP contribution in [0, 0.1) is 0 Å². The molecule has 3 aromatic carbocycles. The summed E-state index contributed by atoms with van der Waals surface area (Å²) in [5.74, 6) is 0.606. The number of aryl methyl sites for hydroxylation is 1. The van der Waals surface area contributed by atoms with Crippen molar-refractivity contribution in [3.05, 3.63) is 90.0 Å². The average molecular weight is 382 g/mol. The first-order chi connectivity index (χ1) is 14.2. The number of ether oxygens (including phenoxy) is 1. The number of hydrogen-bond donors (Lipinski definition) is 1. The molecule has 0 aliphatic heterocycles. The van der Waals surface area contributed by atoms with Gasteiger partial charge in [0.1, 0.15) is 5.75 Å². The predicted octanol–water partition coefficient (Wildman–Crippen LogP) is 5.73. The molecule has 0 bridgehead atoms. The number of rotatable bonds is 5. The van der Waals surface area contributed by atoms with Gasteiger partial charge in [-0.3, -0.25) is 4.79 Å². The second-order valence-corrected chi connectivity index (χ2v) is 6.77. The number of fused-ring (bicyclic) bond motifs is 1. The molecule has 0 unspecified atom stereocenters. The third kappa shape index (κ3) is 3.83. The van der Waals surface area contributed by atoms with E-state index < -0.39 is 0 Å². The van der Waals surface area contributed by atoms with Crippen molar-refractivity contribution in [2.75, 3.05) is 12.4 Å². The quantitative estimate of drug-likeness (QED) is 0.480. The van der Waals surface area contributed by atoms with Gasteiger partial charge in [0, 0.05) is 16.6 Å². The molecule has 4 aromatic rings. The van der Waals surface area contributed by atoms with Crippen LogP contribution in [0.4, 0.5) is 5.69 Å². The van der Waals surface area contributed by atoms with Gasteiger partial charge in [0.15, 0.2) is 0 Å². The summed E-state index contributed by atoms with van der Waals surface area (Å²) in [5, 5.41) is 3.90. The first-order valence-corrected chi connectivity index (χ1v) is 9.63. The summed E-state index contributed by atoms with van der Waals surface area (Å²) in [6, 6.07) is 25.1. The highest BCUT2D eigenvalue weighted by Gasteiger charge is 2.15. The maximum atomic E-state index is 13.2. The van der Waals surface area contributed by atoms with Gasteiger partial charge in [-0.2, -0.15) is 0 Å². The largest absolute Gasteiger partial charge is 0.497 e. The molecule has 1 aromatic heterocycles. The van der Waals surface area contributed by atoms with Crippen molar-refractivity contribution in [1.82, 2.24) is 4.98 Å². The van der Waals surface area contributed by atoms with Gasteiger partial charge in [-0.05, 0) is 42.3 Å². The third-order valence-corrected chi connectivity index (χ3v) is 4.97.